The van der Waals surface area contributed by atoms with Gasteiger partial charge < -0.3 is 14.8 Å². The monoisotopic (exact) mass is 437 g/mol. The summed E-state index contributed by atoms with van der Waals surface area (Å²) in [5, 5.41) is 13.1. The molecule has 0 aliphatic heterocycles. The molecule has 2 N–H and O–H groups in total. The Labute approximate surface area is 192 Å². The number of rotatable bonds is 5. The van der Waals surface area contributed by atoms with Crippen LogP contribution in [-0.2, 0) is 17.3 Å². The van der Waals surface area contributed by atoms with Gasteiger partial charge >= 0.3 is 0 Å². The van der Waals surface area contributed by atoms with E-state index in [-0.39, 0.29) is 28.8 Å². The van der Waals surface area contributed by atoms with Crippen LogP contribution in [0.2, 0.25) is 0 Å². The van der Waals surface area contributed by atoms with Gasteiger partial charge in [-0.2, -0.15) is 0 Å². The zero-order valence-electron chi connectivity index (χ0n) is 20.4. The summed E-state index contributed by atoms with van der Waals surface area (Å²) in [6.45, 7) is 12.1. The molecule has 1 fully saturated rings. The summed E-state index contributed by atoms with van der Waals surface area (Å²) in [7, 11) is 0. The first-order chi connectivity index (χ1) is 15.1. The molecule has 0 saturated heterocycles. The molecule has 0 spiro atoms. The van der Waals surface area contributed by atoms with Crippen molar-refractivity contribution in [2.24, 2.45) is 5.92 Å². The number of fused-ring (bicyclic) bond motifs is 1. The Kier molecular flexibility index (Phi) is 6.28. The number of aliphatic hydroxyl groups excluding tert-OH is 1. The van der Waals surface area contributed by atoms with Gasteiger partial charge in [0.25, 0.3) is 5.91 Å². The van der Waals surface area contributed by atoms with Crippen LogP contribution in [0.3, 0.4) is 0 Å². The van der Waals surface area contributed by atoms with Gasteiger partial charge in [-0.3, -0.25) is 4.79 Å². The Morgan fingerprint density at radius 2 is 1.72 bits per heavy atom. The lowest BCUT2D eigenvalue weighted by Gasteiger charge is -2.42. The number of carbonyl (C=O) groups is 1. The van der Waals surface area contributed by atoms with Crippen molar-refractivity contribution in [1.82, 2.24) is 5.32 Å². The quantitative estimate of drug-likeness (QED) is 0.620. The average molecular weight is 438 g/mol. The molecular formula is C28H39NO3. The second kappa shape index (κ2) is 8.70. The molecule has 174 valence electrons. The summed E-state index contributed by atoms with van der Waals surface area (Å²) in [6, 6.07) is 8.43. The van der Waals surface area contributed by atoms with Crippen LogP contribution in [0.15, 0.2) is 28.7 Å². The smallest absolute Gasteiger partial charge is 0.287 e. The Morgan fingerprint density at radius 1 is 1.06 bits per heavy atom. The maximum Gasteiger partial charge on any atom is 0.287 e. The fraction of sp³-hybridized carbons (Fsp3) is 0.607. The van der Waals surface area contributed by atoms with Gasteiger partial charge in [-0.15, -0.1) is 0 Å². The first kappa shape index (κ1) is 23.1. The van der Waals surface area contributed by atoms with Crippen LogP contribution in [0.4, 0.5) is 0 Å². The number of aliphatic hydroxyl groups is 1. The number of furan rings is 1. The molecule has 0 bridgehead atoms. The van der Waals surface area contributed by atoms with Crippen molar-refractivity contribution in [2.45, 2.75) is 96.5 Å². The molecule has 2 atom stereocenters. The summed E-state index contributed by atoms with van der Waals surface area (Å²) >= 11 is 0. The van der Waals surface area contributed by atoms with E-state index in [1.54, 1.807) is 6.07 Å². The van der Waals surface area contributed by atoms with Crippen LogP contribution in [0.25, 0.3) is 0 Å². The summed E-state index contributed by atoms with van der Waals surface area (Å²) in [4.78, 5) is 12.6. The van der Waals surface area contributed by atoms with Crippen molar-refractivity contribution >= 4 is 5.91 Å². The zero-order chi connectivity index (χ0) is 23.1. The molecule has 2 aliphatic rings. The van der Waals surface area contributed by atoms with Gasteiger partial charge in [-0.25, -0.2) is 0 Å². The van der Waals surface area contributed by atoms with Gasteiger partial charge in [0, 0.05) is 18.9 Å². The topological polar surface area (TPSA) is 62.5 Å². The van der Waals surface area contributed by atoms with Crippen LogP contribution in [0.5, 0.6) is 0 Å². The second-order valence-corrected chi connectivity index (χ2v) is 11.4. The summed E-state index contributed by atoms with van der Waals surface area (Å²) in [5.74, 6) is 1.11. The Morgan fingerprint density at radius 3 is 2.41 bits per heavy atom. The molecule has 4 rings (SSSR count). The van der Waals surface area contributed by atoms with Gasteiger partial charge in [-0.05, 0) is 77.8 Å². The molecule has 1 heterocycles. The molecule has 0 unspecified atom stereocenters. The standard InChI is InChI=1S/C28H39NO3/c1-18-14-22-23(28(4,5)13-12-27(22,2)3)16-20(18)15-21-10-11-25(32-21)26(31)29-17-19-8-6-7-9-24(19)30/h10-11,14,16,19,24,30H,6-9,12-13,15,17H2,1-5H3,(H,29,31)/t19-,24+/m0/s1. The van der Waals surface area contributed by atoms with Gasteiger partial charge in [-0.1, -0.05) is 52.7 Å². The highest BCUT2D eigenvalue weighted by atomic mass is 16.3. The van der Waals surface area contributed by atoms with Crippen LogP contribution in [0.1, 0.15) is 105 Å². The molecule has 2 aromatic rings. The minimum atomic E-state index is -0.308. The molecular weight excluding hydrogens is 398 g/mol. The van der Waals surface area contributed by atoms with Crippen LogP contribution in [-0.4, -0.2) is 23.7 Å². The molecule has 4 heteroatoms. The number of hydrogen-bond donors (Lipinski definition) is 2. The summed E-state index contributed by atoms with van der Waals surface area (Å²) in [6.07, 6.45) is 6.77. The van der Waals surface area contributed by atoms with E-state index < -0.39 is 0 Å². The first-order valence-corrected chi connectivity index (χ1v) is 12.3. The lowest BCUT2D eigenvalue weighted by atomic mass is 9.62. The number of hydrogen-bond acceptors (Lipinski definition) is 3. The van der Waals surface area contributed by atoms with E-state index in [1.807, 2.05) is 6.07 Å². The van der Waals surface area contributed by atoms with Crippen molar-refractivity contribution in [3.63, 3.8) is 0 Å². The Bertz CT molecular complexity index is 985. The largest absolute Gasteiger partial charge is 0.456 e. The minimum Gasteiger partial charge on any atom is -0.456 e. The molecule has 1 aromatic heterocycles. The Hall–Kier alpha value is -2.07. The van der Waals surface area contributed by atoms with Crippen molar-refractivity contribution in [1.29, 1.82) is 0 Å². The highest BCUT2D eigenvalue weighted by Gasteiger charge is 2.37. The van der Waals surface area contributed by atoms with E-state index >= 15 is 0 Å². The van der Waals surface area contributed by atoms with Crippen molar-refractivity contribution in [3.8, 4) is 0 Å². The molecule has 4 nitrogen and oxygen atoms in total. The van der Waals surface area contributed by atoms with Gasteiger partial charge in [0.1, 0.15) is 5.76 Å². The van der Waals surface area contributed by atoms with Crippen molar-refractivity contribution in [3.05, 3.63) is 58.0 Å². The van der Waals surface area contributed by atoms with E-state index in [1.165, 1.54) is 35.1 Å². The summed E-state index contributed by atoms with van der Waals surface area (Å²) in [5.41, 5.74) is 5.84. The van der Waals surface area contributed by atoms with Gasteiger partial charge in [0.2, 0.25) is 0 Å². The number of aryl methyl sites for hydroxylation is 1. The van der Waals surface area contributed by atoms with Gasteiger partial charge in [0.15, 0.2) is 5.76 Å². The Balaban J connectivity index is 1.47. The third kappa shape index (κ3) is 4.66. The molecule has 1 amide bonds. The predicted molar refractivity (Wildman–Crippen MR) is 128 cm³/mol. The third-order valence-corrected chi connectivity index (χ3v) is 7.95. The molecule has 1 aromatic carbocycles. The van der Waals surface area contributed by atoms with Crippen molar-refractivity contribution in [2.75, 3.05) is 6.54 Å². The van der Waals surface area contributed by atoms with E-state index in [9.17, 15) is 9.90 Å². The molecule has 32 heavy (non-hydrogen) atoms. The lowest BCUT2D eigenvalue weighted by molar-refractivity contribution is 0.0655. The number of benzene rings is 1. The van der Waals surface area contributed by atoms with E-state index in [0.29, 0.717) is 18.7 Å². The highest BCUT2D eigenvalue weighted by Crippen LogP contribution is 2.46. The number of carbonyl (C=O) groups excluding carboxylic acids is 1. The maximum absolute atomic E-state index is 12.6. The maximum atomic E-state index is 12.6. The molecule has 1 saturated carbocycles. The fourth-order valence-corrected chi connectivity index (χ4v) is 5.48. The third-order valence-electron chi connectivity index (χ3n) is 7.95. The SMILES string of the molecule is Cc1cc2c(cc1Cc1ccc(C(=O)NC[C@@H]3CCCC[C@H]3O)o1)C(C)(C)CCC2(C)C. The highest BCUT2D eigenvalue weighted by molar-refractivity contribution is 5.91. The number of nitrogens with one attached hydrogen (secondary N) is 1. The fourth-order valence-electron chi connectivity index (χ4n) is 5.48. The van der Waals surface area contributed by atoms with Crippen LogP contribution in [0, 0.1) is 12.8 Å². The van der Waals surface area contributed by atoms with E-state index in [0.717, 1.165) is 31.4 Å². The lowest BCUT2D eigenvalue weighted by Crippen LogP contribution is -2.36. The van der Waals surface area contributed by atoms with Gasteiger partial charge in [0.05, 0.1) is 6.10 Å². The second-order valence-electron chi connectivity index (χ2n) is 11.4. The predicted octanol–water partition coefficient (Wildman–Crippen LogP) is 5.81. The van der Waals surface area contributed by atoms with Crippen molar-refractivity contribution < 1.29 is 14.3 Å². The molecule has 2 aliphatic carbocycles. The number of amides is 1. The van der Waals surface area contributed by atoms with E-state index in [2.05, 4.69) is 52.1 Å². The average Bonchev–Trinajstić information content (AvgIpc) is 3.20. The summed E-state index contributed by atoms with van der Waals surface area (Å²) < 4.78 is 5.93. The normalized spacial score (nSPS) is 24.1. The minimum absolute atomic E-state index is 0.146. The first-order valence-electron chi connectivity index (χ1n) is 12.3. The zero-order valence-corrected chi connectivity index (χ0v) is 20.4. The van der Waals surface area contributed by atoms with Crippen LogP contribution < -0.4 is 5.32 Å². The molecule has 0 radical (unpaired) electrons. The van der Waals surface area contributed by atoms with E-state index in [4.69, 9.17) is 4.42 Å². The van der Waals surface area contributed by atoms with Crippen LogP contribution >= 0.6 is 0 Å².